The maximum absolute atomic E-state index is 9.86. The first-order valence-corrected chi connectivity index (χ1v) is 7.29. The Morgan fingerprint density at radius 3 is 2.70 bits per heavy atom. The van der Waals surface area contributed by atoms with Crippen molar-refractivity contribution in [3.63, 3.8) is 0 Å². The first-order chi connectivity index (χ1) is 9.51. The normalized spacial score (nSPS) is 14.3. The van der Waals surface area contributed by atoms with Crippen LogP contribution in [0.25, 0.3) is 0 Å². The first kappa shape index (κ1) is 17.2. The van der Waals surface area contributed by atoms with E-state index in [0.717, 1.165) is 6.42 Å². The van der Waals surface area contributed by atoms with E-state index < -0.39 is 6.10 Å². The minimum atomic E-state index is -0.629. The maximum Gasteiger partial charge on any atom is 0.120 e. The zero-order chi connectivity index (χ0) is 15.0. The average Bonchev–Trinajstić information content (AvgIpc) is 2.40. The molecule has 0 aromatic heterocycles. The first-order valence-electron chi connectivity index (χ1n) is 6.92. The number of halogens is 1. The highest BCUT2D eigenvalue weighted by Crippen LogP contribution is 2.17. The van der Waals surface area contributed by atoms with Gasteiger partial charge >= 0.3 is 0 Å². The third kappa shape index (κ3) is 7.10. The highest BCUT2D eigenvalue weighted by atomic mass is 35.5. The van der Waals surface area contributed by atoms with Crippen LogP contribution in [0, 0.1) is 5.92 Å². The highest BCUT2D eigenvalue weighted by Gasteiger charge is 2.12. The molecule has 0 saturated carbocycles. The zero-order valence-electron chi connectivity index (χ0n) is 12.1. The molecule has 0 aliphatic carbocycles. The van der Waals surface area contributed by atoms with Gasteiger partial charge in [0.25, 0.3) is 0 Å². The summed E-state index contributed by atoms with van der Waals surface area (Å²) >= 11 is 5.85. The summed E-state index contributed by atoms with van der Waals surface area (Å²) in [6, 6.07) is 7.07. The molecular formula is C15H24ClNO3. The van der Waals surface area contributed by atoms with Crippen molar-refractivity contribution in [1.29, 1.82) is 0 Å². The molecule has 0 aliphatic heterocycles. The van der Waals surface area contributed by atoms with Gasteiger partial charge in [-0.1, -0.05) is 31.5 Å². The Hall–Kier alpha value is -0.810. The van der Waals surface area contributed by atoms with Crippen LogP contribution in [0.1, 0.15) is 20.3 Å². The van der Waals surface area contributed by atoms with Crippen LogP contribution in [0.3, 0.4) is 0 Å². The fourth-order valence-corrected chi connectivity index (χ4v) is 2.08. The summed E-state index contributed by atoms with van der Waals surface area (Å²) in [4.78, 5) is 0. The van der Waals surface area contributed by atoms with Crippen LogP contribution in [0.15, 0.2) is 24.3 Å². The van der Waals surface area contributed by atoms with Gasteiger partial charge in [0.15, 0.2) is 0 Å². The molecule has 2 atom stereocenters. The van der Waals surface area contributed by atoms with Gasteiger partial charge in [-0.25, -0.2) is 0 Å². The number of rotatable bonds is 9. The van der Waals surface area contributed by atoms with E-state index in [4.69, 9.17) is 16.3 Å². The Kier molecular flexibility index (Phi) is 7.92. The number of aliphatic hydroxyl groups is 2. The monoisotopic (exact) mass is 301 g/mol. The summed E-state index contributed by atoms with van der Waals surface area (Å²) in [5, 5.41) is 22.8. The van der Waals surface area contributed by atoms with Crippen molar-refractivity contribution in [2.24, 2.45) is 5.92 Å². The van der Waals surface area contributed by atoms with Gasteiger partial charge in [0.1, 0.15) is 18.5 Å². The highest BCUT2D eigenvalue weighted by molar-refractivity contribution is 6.30. The summed E-state index contributed by atoms with van der Waals surface area (Å²) < 4.78 is 5.46. The van der Waals surface area contributed by atoms with Gasteiger partial charge in [0, 0.05) is 17.6 Å². The molecule has 0 saturated heterocycles. The number of ether oxygens (including phenoxy) is 1. The quantitative estimate of drug-likeness (QED) is 0.653. The Labute approximate surface area is 125 Å². The van der Waals surface area contributed by atoms with E-state index in [2.05, 4.69) is 19.2 Å². The van der Waals surface area contributed by atoms with Crippen LogP contribution in [0.5, 0.6) is 5.75 Å². The molecule has 0 spiro atoms. The third-order valence-electron chi connectivity index (χ3n) is 2.86. The van der Waals surface area contributed by atoms with E-state index in [1.807, 2.05) is 0 Å². The van der Waals surface area contributed by atoms with E-state index in [-0.39, 0.29) is 19.3 Å². The van der Waals surface area contributed by atoms with Crippen molar-refractivity contribution in [1.82, 2.24) is 5.32 Å². The van der Waals surface area contributed by atoms with Gasteiger partial charge in [-0.3, -0.25) is 0 Å². The number of hydrogen-bond donors (Lipinski definition) is 3. The van der Waals surface area contributed by atoms with Crippen LogP contribution in [0.4, 0.5) is 0 Å². The van der Waals surface area contributed by atoms with Gasteiger partial charge in [0.2, 0.25) is 0 Å². The van der Waals surface area contributed by atoms with E-state index in [1.165, 1.54) is 0 Å². The molecule has 0 heterocycles. The van der Waals surface area contributed by atoms with Crippen molar-refractivity contribution in [2.45, 2.75) is 32.4 Å². The lowest BCUT2D eigenvalue weighted by atomic mass is 10.0. The maximum atomic E-state index is 9.86. The largest absolute Gasteiger partial charge is 0.491 e. The fourth-order valence-electron chi connectivity index (χ4n) is 1.90. The van der Waals surface area contributed by atoms with Crippen molar-refractivity contribution in [3.05, 3.63) is 29.3 Å². The van der Waals surface area contributed by atoms with Gasteiger partial charge in [-0.05, 0) is 30.5 Å². The van der Waals surface area contributed by atoms with Gasteiger partial charge in [-0.2, -0.15) is 0 Å². The summed E-state index contributed by atoms with van der Waals surface area (Å²) in [6.07, 6.45) is 0.244. The lowest BCUT2D eigenvalue weighted by Crippen LogP contribution is -2.40. The van der Waals surface area contributed by atoms with Crippen LogP contribution in [0.2, 0.25) is 5.02 Å². The topological polar surface area (TPSA) is 61.7 Å². The molecule has 5 heteroatoms. The number of benzene rings is 1. The Morgan fingerprint density at radius 2 is 2.10 bits per heavy atom. The molecular weight excluding hydrogens is 278 g/mol. The van der Waals surface area contributed by atoms with Gasteiger partial charge < -0.3 is 20.3 Å². The van der Waals surface area contributed by atoms with E-state index in [1.54, 1.807) is 24.3 Å². The van der Waals surface area contributed by atoms with E-state index in [0.29, 0.717) is 23.2 Å². The Morgan fingerprint density at radius 1 is 1.35 bits per heavy atom. The smallest absolute Gasteiger partial charge is 0.120 e. The van der Waals surface area contributed by atoms with Crippen LogP contribution in [-0.2, 0) is 0 Å². The molecule has 0 radical (unpaired) electrons. The molecule has 4 nitrogen and oxygen atoms in total. The SMILES string of the molecule is CC(C)CC(CO)NCC(O)COc1cccc(Cl)c1. The molecule has 114 valence electrons. The van der Waals surface area contributed by atoms with Crippen LogP contribution < -0.4 is 10.1 Å². The molecule has 2 unspecified atom stereocenters. The van der Waals surface area contributed by atoms with Crippen LogP contribution in [-0.4, -0.2) is 42.1 Å². The van der Waals surface area contributed by atoms with Crippen molar-refractivity contribution < 1.29 is 14.9 Å². The second kappa shape index (κ2) is 9.19. The minimum absolute atomic E-state index is 0.0100. The van der Waals surface area contributed by atoms with Gasteiger partial charge in [0.05, 0.1) is 6.61 Å². The molecule has 1 aromatic rings. The summed E-state index contributed by atoms with van der Waals surface area (Å²) in [7, 11) is 0. The lowest BCUT2D eigenvalue weighted by molar-refractivity contribution is 0.0981. The number of hydrogen-bond acceptors (Lipinski definition) is 4. The van der Waals surface area contributed by atoms with Gasteiger partial charge in [-0.15, -0.1) is 0 Å². The second-order valence-electron chi connectivity index (χ2n) is 5.34. The zero-order valence-corrected chi connectivity index (χ0v) is 12.8. The van der Waals surface area contributed by atoms with Crippen LogP contribution >= 0.6 is 11.6 Å². The predicted octanol–water partition coefficient (Wildman–Crippen LogP) is 2.08. The van der Waals surface area contributed by atoms with Crippen molar-refractivity contribution >= 4 is 11.6 Å². The molecule has 0 aliphatic rings. The van der Waals surface area contributed by atoms with Crippen molar-refractivity contribution in [2.75, 3.05) is 19.8 Å². The Balaban J connectivity index is 2.27. The number of nitrogens with one attached hydrogen (secondary N) is 1. The fraction of sp³-hybridized carbons (Fsp3) is 0.600. The van der Waals surface area contributed by atoms with E-state index >= 15 is 0 Å². The molecule has 20 heavy (non-hydrogen) atoms. The summed E-state index contributed by atoms with van der Waals surface area (Å²) in [6.45, 7) is 4.85. The molecule has 3 N–H and O–H groups in total. The second-order valence-corrected chi connectivity index (χ2v) is 5.78. The van der Waals surface area contributed by atoms with Crippen molar-refractivity contribution in [3.8, 4) is 5.75 Å². The minimum Gasteiger partial charge on any atom is -0.491 e. The molecule has 1 aromatic carbocycles. The third-order valence-corrected chi connectivity index (χ3v) is 3.09. The molecule has 0 fully saturated rings. The van der Waals surface area contributed by atoms with E-state index in [9.17, 15) is 10.2 Å². The Bertz CT molecular complexity index is 387. The molecule has 0 bridgehead atoms. The standard InChI is InChI=1S/C15H24ClNO3/c1-11(2)6-13(9-18)17-8-14(19)10-20-15-5-3-4-12(16)7-15/h3-5,7,11,13-14,17-19H,6,8-10H2,1-2H3. The predicted molar refractivity (Wildman–Crippen MR) is 81.3 cm³/mol. The molecule has 0 amide bonds. The summed E-state index contributed by atoms with van der Waals surface area (Å²) in [5.74, 6) is 1.14. The number of aliphatic hydroxyl groups excluding tert-OH is 2. The lowest BCUT2D eigenvalue weighted by Gasteiger charge is -2.20. The molecule has 1 rings (SSSR count). The summed E-state index contributed by atoms with van der Waals surface area (Å²) in [5.41, 5.74) is 0. The average molecular weight is 302 g/mol.